The summed E-state index contributed by atoms with van der Waals surface area (Å²) in [4.78, 5) is 0. The predicted octanol–water partition coefficient (Wildman–Crippen LogP) is 4.36. The first kappa shape index (κ1) is 11.3. The van der Waals surface area contributed by atoms with Gasteiger partial charge in [0.15, 0.2) is 0 Å². The van der Waals surface area contributed by atoms with Crippen molar-refractivity contribution < 1.29 is 0 Å². The van der Waals surface area contributed by atoms with Crippen molar-refractivity contribution in [3.05, 3.63) is 42.1 Å². The Kier molecular flexibility index (Phi) is 3.66. The number of nitrogens with one attached hydrogen (secondary N) is 1. The number of rotatable bonds is 0. The predicted molar refractivity (Wildman–Crippen MR) is 70.5 cm³/mol. The second-order valence-electron chi connectivity index (χ2n) is 4.92. The van der Waals surface area contributed by atoms with E-state index >= 15 is 0 Å². The van der Waals surface area contributed by atoms with Gasteiger partial charge in [-0.05, 0) is 43.2 Å². The average molecular weight is 215 g/mol. The van der Waals surface area contributed by atoms with Crippen LogP contribution in [-0.4, -0.2) is 0 Å². The van der Waals surface area contributed by atoms with Crippen LogP contribution in [0.5, 0.6) is 0 Å². The summed E-state index contributed by atoms with van der Waals surface area (Å²) in [6.07, 6.45) is 6.15. The van der Waals surface area contributed by atoms with Crippen LogP contribution in [0.15, 0.2) is 36.5 Å². The minimum absolute atomic E-state index is 0.832. The molecule has 16 heavy (non-hydrogen) atoms. The van der Waals surface area contributed by atoms with Crippen LogP contribution in [0, 0.1) is 5.92 Å². The van der Waals surface area contributed by atoms with Crippen molar-refractivity contribution in [3.63, 3.8) is 0 Å². The highest BCUT2D eigenvalue weighted by Gasteiger charge is 2.09. The van der Waals surface area contributed by atoms with E-state index in [0.29, 0.717) is 0 Å². The highest BCUT2D eigenvalue weighted by Crippen LogP contribution is 2.25. The van der Waals surface area contributed by atoms with Gasteiger partial charge in [-0.3, -0.25) is 0 Å². The quantitative estimate of drug-likeness (QED) is 0.678. The molecule has 0 saturated heterocycles. The normalized spacial score (nSPS) is 22.1. The summed E-state index contributed by atoms with van der Waals surface area (Å²) in [5.41, 5.74) is 3.83. The lowest BCUT2D eigenvalue weighted by atomic mass is 9.94. The Morgan fingerprint density at radius 1 is 1.19 bits per heavy atom. The molecule has 0 aliphatic carbocycles. The Bertz CT molecular complexity index is 367. The van der Waals surface area contributed by atoms with Gasteiger partial charge >= 0.3 is 0 Å². The molecule has 0 spiro atoms. The third-order valence-corrected chi connectivity index (χ3v) is 3.41. The SMILES string of the molecule is C=C1CCCC(C)CCc2ccccc2N1. The Labute approximate surface area is 98.6 Å². The summed E-state index contributed by atoms with van der Waals surface area (Å²) in [6, 6.07) is 8.60. The molecule has 0 bridgehead atoms. The third-order valence-electron chi connectivity index (χ3n) is 3.41. The van der Waals surface area contributed by atoms with Gasteiger partial charge in [0.05, 0.1) is 0 Å². The van der Waals surface area contributed by atoms with Gasteiger partial charge in [-0.1, -0.05) is 38.1 Å². The molecule has 1 aromatic carbocycles. The summed E-state index contributed by atoms with van der Waals surface area (Å²) in [7, 11) is 0. The molecule has 1 atom stereocenters. The lowest BCUT2D eigenvalue weighted by Gasteiger charge is -2.19. The Morgan fingerprint density at radius 2 is 2.00 bits per heavy atom. The molecule has 1 unspecified atom stereocenters. The molecule has 1 aliphatic heterocycles. The Balaban J connectivity index is 2.20. The fourth-order valence-corrected chi connectivity index (χ4v) is 2.32. The molecule has 1 heterocycles. The molecule has 0 radical (unpaired) electrons. The smallest absolute Gasteiger partial charge is 0.0414 e. The van der Waals surface area contributed by atoms with E-state index in [-0.39, 0.29) is 0 Å². The van der Waals surface area contributed by atoms with E-state index in [0.717, 1.165) is 18.0 Å². The zero-order chi connectivity index (χ0) is 11.4. The molecule has 1 aromatic rings. The number of hydrogen-bond acceptors (Lipinski definition) is 1. The first-order chi connectivity index (χ1) is 7.75. The molecule has 1 heteroatoms. The van der Waals surface area contributed by atoms with Crippen LogP contribution in [0.1, 0.15) is 38.2 Å². The highest BCUT2D eigenvalue weighted by atomic mass is 14.9. The van der Waals surface area contributed by atoms with Gasteiger partial charge in [0.25, 0.3) is 0 Å². The van der Waals surface area contributed by atoms with Crippen LogP contribution in [-0.2, 0) is 6.42 Å². The number of benzene rings is 1. The highest BCUT2D eigenvalue weighted by molar-refractivity contribution is 5.54. The molecule has 1 N–H and O–H groups in total. The third kappa shape index (κ3) is 2.88. The fourth-order valence-electron chi connectivity index (χ4n) is 2.32. The van der Waals surface area contributed by atoms with E-state index in [9.17, 15) is 0 Å². The average Bonchev–Trinajstić information content (AvgIpc) is 2.27. The van der Waals surface area contributed by atoms with Gasteiger partial charge in [-0.25, -0.2) is 0 Å². The van der Waals surface area contributed by atoms with Gasteiger partial charge in [-0.15, -0.1) is 0 Å². The summed E-state index contributed by atoms with van der Waals surface area (Å²) >= 11 is 0. The zero-order valence-electron chi connectivity index (χ0n) is 10.1. The number of para-hydroxylation sites is 1. The lowest BCUT2D eigenvalue weighted by Crippen LogP contribution is -2.06. The van der Waals surface area contributed by atoms with Gasteiger partial charge in [-0.2, -0.15) is 0 Å². The van der Waals surface area contributed by atoms with E-state index < -0.39 is 0 Å². The molecule has 0 saturated carbocycles. The van der Waals surface area contributed by atoms with Crippen LogP contribution in [0.2, 0.25) is 0 Å². The van der Waals surface area contributed by atoms with Crippen molar-refractivity contribution in [1.29, 1.82) is 0 Å². The second kappa shape index (κ2) is 5.20. The Morgan fingerprint density at radius 3 is 2.88 bits per heavy atom. The maximum atomic E-state index is 4.10. The fraction of sp³-hybridized carbons (Fsp3) is 0.467. The van der Waals surface area contributed by atoms with Crippen LogP contribution in [0.3, 0.4) is 0 Å². The number of aryl methyl sites for hydroxylation is 1. The van der Waals surface area contributed by atoms with Gasteiger partial charge in [0.2, 0.25) is 0 Å². The summed E-state index contributed by atoms with van der Waals surface area (Å²) < 4.78 is 0. The monoisotopic (exact) mass is 215 g/mol. The topological polar surface area (TPSA) is 12.0 Å². The number of anilines is 1. The van der Waals surface area contributed by atoms with E-state index in [1.807, 2.05) is 0 Å². The molecule has 0 fully saturated rings. The maximum absolute atomic E-state index is 4.10. The molecule has 86 valence electrons. The summed E-state index contributed by atoms with van der Waals surface area (Å²) in [5.74, 6) is 0.832. The maximum Gasteiger partial charge on any atom is 0.0414 e. The number of hydrogen-bond donors (Lipinski definition) is 1. The minimum Gasteiger partial charge on any atom is -0.359 e. The van der Waals surface area contributed by atoms with Gasteiger partial charge in [0.1, 0.15) is 0 Å². The van der Waals surface area contributed by atoms with Crippen molar-refractivity contribution in [2.24, 2.45) is 5.92 Å². The first-order valence-corrected chi connectivity index (χ1v) is 6.28. The summed E-state index contributed by atoms with van der Waals surface area (Å²) in [6.45, 7) is 6.46. The number of fused-ring (bicyclic) bond motifs is 1. The largest absolute Gasteiger partial charge is 0.359 e. The van der Waals surface area contributed by atoms with E-state index in [2.05, 4.69) is 43.1 Å². The van der Waals surface area contributed by atoms with Crippen molar-refractivity contribution in [3.8, 4) is 0 Å². The van der Waals surface area contributed by atoms with Crippen molar-refractivity contribution in [2.45, 2.75) is 39.0 Å². The van der Waals surface area contributed by atoms with Gasteiger partial charge < -0.3 is 5.32 Å². The van der Waals surface area contributed by atoms with E-state index in [1.165, 1.54) is 36.9 Å². The molecule has 0 aromatic heterocycles. The standard InChI is InChI=1S/C15H21N/c1-12-6-5-7-13(2)16-15-9-4-3-8-14(15)11-10-12/h3-4,8-9,12,16H,2,5-7,10-11H2,1H3. The molecule has 1 nitrogen and oxygen atoms in total. The molecule has 2 rings (SSSR count). The van der Waals surface area contributed by atoms with Crippen LogP contribution >= 0.6 is 0 Å². The van der Waals surface area contributed by atoms with Crippen LogP contribution in [0.25, 0.3) is 0 Å². The van der Waals surface area contributed by atoms with E-state index in [1.54, 1.807) is 0 Å². The first-order valence-electron chi connectivity index (χ1n) is 6.28. The van der Waals surface area contributed by atoms with Crippen molar-refractivity contribution in [1.82, 2.24) is 0 Å². The molecular weight excluding hydrogens is 194 g/mol. The van der Waals surface area contributed by atoms with Crippen molar-refractivity contribution in [2.75, 3.05) is 5.32 Å². The van der Waals surface area contributed by atoms with E-state index in [4.69, 9.17) is 0 Å². The molecular formula is C15H21N. The Hall–Kier alpha value is -1.24. The van der Waals surface area contributed by atoms with Gasteiger partial charge in [0, 0.05) is 11.4 Å². The van der Waals surface area contributed by atoms with Crippen molar-refractivity contribution >= 4 is 5.69 Å². The zero-order valence-corrected chi connectivity index (χ0v) is 10.1. The molecule has 1 aliphatic rings. The molecule has 0 amide bonds. The van der Waals surface area contributed by atoms with Crippen LogP contribution in [0.4, 0.5) is 5.69 Å². The second-order valence-corrected chi connectivity index (χ2v) is 4.92. The lowest BCUT2D eigenvalue weighted by molar-refractivity contribution is 0.473. The minimum atomic E-state index is 0.832. The van der Waals surface area contributed by atoms with Crippen LogP contribution < -0.4 is 5.32 Å². The summed E-state index contributed by atoms with van der Waals surface area (Å²) in [5, 5.41) is 3.45. The number of allylic oxidation sites excluding steroid dienone is 1.